The average molecular weight is 482 g/mol. The number of carboxylic acid groups (broad SMARTS) is 2. The maximum atomic E-state index is 12.4. The lowest BCUT2D eigenvalue weighted by Crippen LogP contribution is -2.50. The zero-order valence-electron chi connectivity index (χ0n) is 18.4. The highest BCUT2D eigenvalue weighted by molar-refractivity contribution is 7.99. The summed E-state index contributed by atoms with van der Waals surface area (Å²) in [5, 5.41) is 31.4. The maximum absolute atomic E-state index is 12.4. The van der Waals surface area contributed by atoms with E-state index in [4.69, 9.17) is 25.8 Å². The molecule has 0 aromatic rings. The molecule has 0 fully saturated rings. The number of esters is 1. The lowest BCUT2D eigenvalue weighted by Gasteiger charge is -2.28. The van der Waals surface area contributed by atoms with E-state index in [2.05, 4.69) is 10.6 Å². The smallest absolute Gasteiger partial charge is 0.325 e. The Morgan fingerprint density at radius 3 is 2.25 bits per heavy atom. The van der Waals surface area contributed by atoms with E-state index in [0.29, 0.717) is 4.48 Å². The molecule has 3 unspecified atom stereocenters. The number of amides is 2. The minimum absolute atomic E-state index is 0.00273. The molecule has 0 saturated carbocycles. The number of rotatable bonds is 16. The first kappa shape index (κ1) is 29.6. The van der Waals surface area contributed by atoms with Gasteiger partial charge in [0, 0.05) is 12.2 Å². The van der Waals surface area contributed by atoms with Gasteiger partial charge in [0.05, 0.1) is 33.5 Å². The SMILES string of the molecule is C[N+](C)(C)CC(CC(=O)O)OC(=O)CNC(=O)C(CSCO)NC(=O)CCC(N)C(=O)O. The van der Waals surface area contributed by atoms with Crippen molar-refractivity contribution in [1.29, 1.82) is 0 Å². The lowest BCUT2D eigenvalue weighted by atomic mass is 10.1. The molecule has 0 saturated heterocycles. The van der Waals surface area contributed by atoms with Crippen molar-refractivity contribution in [1.82, 2.24) is 10.6 Å². The molecular weight excluding hydrogens is 448 g/mol. The number of aliphatic hydroxyl groups excluding tert-OH is 1. The van der Waals surface area contributed by atoms with Gasteiger partial charge < -0.3 is 40.9 Å². The average Bonchev–Trinajstić information content (AvgIpc) is 2.65. The molecule has 0 heterocycles. The summed E-state index contributed by atoms with van der Waals surface area (Å²) < 4.78 is 5.52. The van der Waals surface area contributed by atoms with Gasteiger partial charge in [-0.2, -0.15) is 0 Å². The second-order valence-corrected chi connectivity index (χ2v) is 9.00. The summed E-state index contributed by atoms with van der Waals surface area (Å²) >= 11 is 0.952. The van der Waals surface area contributed by atoms with Crippen LogP contribution in [0.4, 0.5) is 0 Å². The molecule has 0 aliphatic carbocycles. The molecule has 2 amide bonds. The third-order valence-corrected chi connectivity index (χ3v) is 4.64. The van der Waals surface area contributed by atoms with Crippen molar-refractivity contribution in [3.05, 3.63) is 0 Å². The zero-order chi connectivity index (χ0) is 24.9. The van der Waals surface area contributed by atoms with E-state index in [0.717, 1.165) is 11.8 Å². The summed E-state index contributed by atoms with van der Waals surface area (Å²) in [5.41, 5.74) is 5.34. The van der Waals surface area contributed by atoms with E-state index in [1.54, 1.807) is 21.1 Å². The number of thioether (sulfide) groups is 1. The van der Waals surface area contributed by atoms with Crippen LogP contribution in [-0.4, -0.2) is 114 Å². The molecule has 0 aromatic heterocycles. The predicted molar refractivity (Wildman–Crippen MR) is 114 cm³/mol. The number of likely N-dealkylation sites (N-methyl/N-ethyl adjacent to an activating group) is 1. The molecule has 32 heavy (non-hydrogen) atoms. The molecule has 14 heteroatoms. The van der Waals surface area contributed by atoms with Crippen LogP contribution in [0.5, 0.6) is 0 Å². The minimum Gasteiger partial charge on any atom is -0.481 e. The quantitative estimate of drug-likeness (QED) is 0.0775. The molecule has 7 N–H and O–H groups in total. The number of hydrogen-bond acceptors (Lipinski definition) is 9. The van der Waals surface area contributed by atoms with E-state index in [9.17, 15) is 24.0 Å². The number of carbonyl (C=O) groups excluding carboxylic acids is 3. The number of nitrogens with two attached hydrogens (primary N) is 1. The van der Waals surface area contributed by atoms with Crippen LogP contribution in [0.1, 0.15) is 19.3 Å². The normalized spacial score (nSPS) is 14.0. The molecule has 0 aliphatic heterocycles. The number of hydrogen-bond donors (Lipinski definition) is 6. The molecule has 0 aliphatic rings. The maximum Gasteiger partial charge on any atom is 0.325 e. The fourth-order valence-corrected chi connectivity index (χ4v) is 3.07. The van der Waals surface area contributed by atoms with Crippen LogP contribution < -0.4 is 16.4 Å². The van der Waals surface area contributed by atoms with Gasteiger partial charge in [-0.15, -0.1) is 11.8 Å². The summed E-state index contributed by atoms with van der Waals surface area (Å²) in [6, 6.07) is -2.32. The van der Waals surface area contributed by atoms with E-state index >= 15 is 0 Å². The van der Waals surface area contributed by atoms with E-state index in [1.165, 1.54) is 0 Å². The molecule has 0 aromatic carbocycles. The first-order valence-electron chi connectivity index (χ1n) is 9.71. The third kappa shape index (κ3) is 14.6. The van der Waals surface area contributed by atoms with Gasteiger partial charge >= 0.3 is 17.9 Å². The number of ether oxygens (including phenoxy) is 1. The Morgan fingerprint density at radius 2 is 1.75 bits per heavy atom. The topological polar surface area (TPSA) is 205 Å². The monoisotopic (exact) mass is 481 g/mol. The van der Waals surface area contributed by atoms with Crippen molar-refractivity contribution in [2.75, 3.05) is 45.9 Å². The molecule has 0 spiro atoms. The molecule has 0 rings (SSSR count). The van der Waals surface area contributed by atoms with Crippen LogP contribution in [0.3, 0.4) is 0 Å². The van der Waals surface area contributed by atoms with E-state index in [1.807, 2.05) is 0 Å². The largest absolute Gasteiger partial charge is 0.481 e. The second-order valence-electron chi connectivity index (χ2n) is 8.00. The van der Waals surface area contributed by atoms with Crippen molar-refractivity contribution >= 4 is 41.5 Å². The molecule has 184 valence electrons. The summed E-state index contributed by atoms with van der Waals surface area (Å²) in [6.45, 7) is -0.303. The summed E-state index contributed by atoms with van der Waals surface area (Å²) in [4.78, 5) is 58.2. The Hall–Kier alpha value is -2.42. The fraction of sp³-hybridized carbons (Fsp3) is 0.722. The highest BCUT2D eigenvalue weighted by Gasteiger charge is 2.26. The molecule has 13 nitrogen and oxygen atoms in total. The van der Waals surface area contributed by atoms with Gasteiger partial charge in [0.2, 0.25) is 11.8 Å². The van der Waals surface area contributed by atoms with Crippen molar-refractivity contribution in [2.45, 2.75) is 37.5 Å². The van der Waals surface area contributed by atoms with Crippen molar-refractivity contribution in [2.24, 2.45) is 5.73 Å². The second kappa shape index (κ2) is 14.6. The summed E-state index contributed by atoms with van der Waals surface area (Å²) in [7, 11) is 5.42. The Kier molecular flexibility index (Phi) is 13.5. The number of carbonyl (C=O) groups is 5. The van der Waals surface area contributed by atoms with Crippen LogP contribution in [0.25, 0.3) is 0 Å². The number of carboxylic acids is 2. The van der Waals surface area contributed by atoms with E-state index < -0.39 is 54.5 Å². The van der Waals surface area contributed by atoms with Crippen LogP contribution >= 0.6 is 11.8 Å². The van der Waals surface area contributed by atoms with Crippen molar-refractivity contribution in [3.63, 3.8) is 0 Å². The molecular formula is C18H33N4O9S+. The summed E-state index contributed by atoms with van der Waals surface area (Å²) in [6.07, 6.45) is -1.65. The fourth-order valence-electron chi connectivity index (χ4n) is 2.49. The van der Waals surface area contributed by atoms with Gasteiger partial charge in [0.1, 0.15) is 25.2 Å². The summed E-state index contributed by atoms with van der Waals surface area (Å²) in [5.74, 6) is -4.89. The van der Waals surface area contributed by atoms with Gasteiger partial charge in [-0.1, -0.05) is 0 Å². The van der Waals surface area contributed by atoms with Crippen molar-refractivity contribution < 1.29 is 48.5 Å². The number of quaternary nitrogens is 1. The number of aliphatic hydroxyl groups is 1. The highest BCUT2D eigenvalue weighted by Crippen LogP contribution is 2.06. The van der Waals surface area contributed by atoms with Crippen LogP contribution in [0, 0.1) is 0 Å². The van der Waals surface area contributed by atoms with Crippen LogP contribution in [-0.2, 0) is 28.7 Å². The van der Waals surface area contributed by atoms with Crippen molar-refractivity contribution in [3.8, 4) is 0 Å². The zero-order valence-corrected chi connectivity index (χ0v) is 19.2. The predicted octanol–water partition coefficient (Wildman–Crippen LogP) is -2.44. The van der Waals surface area contributed by atoms with Gasteiger partial charge in [-0.3, -0.25) is 24.0 Å². The third-order valence-electron chi connectivity index (χ3n) is 3.89. The number of nitrogens with zero attached hydrogens (tertiary/aromatic N) is 1. The van der Waals surface area contributed by atoms with Gasteiger partial charge in [-0.25, -0.2) is 0 Å². The Bertz CT molecular complexity index is 669. The first-order valence-corrected chi connectivity index (χ1v) is 10.9. The highest BCUT2D eigenvalue weighted by atomic mass is 32.2. The van der Waals surface area contributed by atoms with Gasteiger partial charge in [0.15, 0.2) is 6.10 Å². The van der Waals surface area contributed by atoms with E-state index in [-0.39, 0.29) is 37.5 Å². The lowest BCUT2D eigenvalue weighted by molar-refractivity contribution is -0.873. The Morgan fingerprint density at radius 1 is 1.12 bits per heavy atom. The minimum atomic E-state index is -1.26. The Balaban J connectivity index is 4.81. The number of aliphatic carboxylic acids is 2. The van der Waals surface area contributed by atoms with Gasteiger partial charge in [-0.05, 0) is 6.42 Å². The molecule has 3 atom stereocenters. The molecule has 0 radical (unpaired) electrons. The van der Waals surface area contributed by atoms with Crippen LogP contribution in [0.15, 0.2) is 0 Å². The standard InChI is InChI=1S/C18H32N4O9S/c1-22(2,3)8-11(6-15(25)26)31-16(27)7-20-17(28)13(9-32-10-23)21-14(24)5-4-12(19)18(29)30/h11-13,23H,4-10,19H2,1-3H3,(H3-,20,21,24,25,26,28,29,30)/p+1. The molecule has 0 bridgehead atoms. The number of nitrogens with one attached hydrogen (secondary N) is 2. The van der Waals surface area contributed by atoms with Crippen LogP contribution in [0.2, 0.25) is 0 Å². The first-order chi connectivity index (χ1) is 14.7. The Labute approximate surface area is 190 Å². The van der Waals surface area contributed by atoms with Gasteiger partial charge in [0.25, 0.3) is 0 Å².